The number of carbonyl (C=O) groups excluding carboxylic acids is 1. The Morgan fingerprint density at radius 1 is 1.33 bits per heavy atom. The molecule has 1 aliphatic rings. The van der Waals surface area contributed by atoms with E-state index in [1.807, 2.05) is 0 Å². The number of Topliss-reactive ketones (excluding diaryl/α,β-unsaturated/α-hetero) is 1. The van der Waals surface area contributed by atoms with E-state index in [9.17, 15) is 9.18 Å². The fourth-order valence-corrected chi connectivity index (χ4v) is 2.02. The second kappa shape index (κ2) is 4.31. The van der Waals surface area contributed by atoms with Crippen molar-refractivity contribution in [3.8, 4) is 0 Å². The number of hydrogen-bond acceptors (Lipinski definition) is 1. The summed E-state index contributed by atoms with van der Waals surface area (Å²) in [6, 6.07) is 5.81. The van der Waals surface area contributed by atoms with Gasteiger partial charge in [0.1, 0.15) is 11.2 Å². The Kier molecular flexibility index (Phi) is 3.06. The molecule has 2 rings (SSSR count). The third-order valence-corrected chi connectivity index (χ3v) is 3.39. The Balaban J connectivity index is 2.09. The topological polar surface area (TPSA) is 17.1 Å². The van der Waals surface area contributed by atoms with Crippen LogP contribution in [0.25, 0.3) is 0 Å². The number of alkyl halides is 1. The number of benzene rings is 1. The molecule has 1 nitrogen and oxygen atoms in total. The van der Waals surface area contributed by atoms with Crippen LogP contribution in [0.5, 0.6) is 0 Å². The maximum absolute atomic E-state index is 12.7. The summed E-state index contributed by atoms with van der Waals surface area (Å²) in [7, 11) is 0. The predicted octanol–water partition coefficient (Wildman–Crippen LogP) is 3.47. The second-order valence-electron chi connectivity index (χ2n) is 3.94. The van der Waals surface area contributed by atoms with Gasteiger partial charge in [0.15, 0.2) is 5.78 Å². The summed E-state index contributed by atoms with van der Waals surface area (Å²) in [6.07, 6.45) is 3.01. The molecule has 0 aliphatic heterocycles. The molecule has 0 aromatic heterocycles. The van der Waals surface area contributed by atoms with Gasteiger partial charge in [-0.3, -0.25) is 4.79 Å². The van der Waals surface area contributed by atoms with E-state index in [-0.39, 0.29) is 17.5 Å². The van der Waals surface area contributed by atoms with E-state index >= 15 is 0 Å². The third-order valence-electron chi connectivity index (χ3n) is 2.92. The summed E-state index contributed by atoms with van der Waals surface area (Å²) in [6.45, 7) is 0. The van der Waals surface area contributed by atoms with E-state index in [4.69, 9.17) is 11.6 Å². The average Bonchev–Trinajstić information content (AvgIpc) is 2.15. The van der Waals surface area contributed by atoms with Gasteiger partial charge in [0.25, 0.3) is 0 Å². The van der Waals surface area contributed by atoms with Crippen molar-refractivity contribution in [2.75, 3.05) is 0 Å². The van der Waals surface area contributed by atoms with Gasteiger partial charge in [-0.05, 0) is 30.5 Å². The Hall–Kier alpha value is -0.890. The first-order chi connectivity index (χ1) is 7.18. The number of carbonyl (C=O) groups is 1. The largest absolute Gasteiger partial charge is 0.297 e. The molecule has 1 unspecified atom stereocenters. The molecule has 0 N–H and O–H groups in total. The lowest BCUT2D eigenvalue weighted by Gasteiger charge is -2.25. The molecule has 0 spiro atoms. The zero-order chi connectivity index (χ0) is 10.8. The molecule has 1 atom stereocenters. The molecular weight excluding hydrogens is 215 g/mol. The smallest absolute Gasteiger partial charge is 0.158 e. The van der Waals surface area contributed by atoms with Gasteiger partial charge in [-0.1, -0.05) is 18.6 Å². The van der Waals surface area contributed by atoms with Crippen LogP contribution in [0.4, 0.5) is 4.39 Å². The number of halogens is 2. The Labute approximate surface area is 93.2 Å². The fourth-order valence-electron chi connectivity index (χ4n) is 1.70. The molecule has 1 aromatic rings. The first-order valence-corrected chi connectivity index (χ1v) is 5.55. The third kappa shape index (κ3) is 2.20. The lowest BCUT2D eigenvalue weighted by molar-refractivity contribution is -0.124. The van der Waals surface area contributed by atoms with Gasteiger partial charge in [0.05, 0.1) is 0 Å². The number of hydrogen-bond donors (Lipinski definition) is 0. The van der Waals surface area contributed by atoms with Gasteiger partial charge >= 0.3 is 0 Å². The Morgan fingerprint density at radius 3 is 2.40 bits per heavy atom. The maximum atomic E-state index is 12.7. The standard InChI is InChI=1S/C12H12ClFO/c13-11(12(15)9-2-1-3-9)8-4-6-10(14)7-5-8/h4-7,9,11H,1-3H2. The summed E-state index contributed by atoms with van der Waals surface area (Å²) in [5, 5.41) is -0.615. The van der Waals surface area contributed by atoms with Crippen molar-refractivity contribution in [2.24, 2.45) is 5.92 Å². The molecule has 1 saturated carbocycles. The van der Waals surface area contributed by atoms with Crippen LogP contribution in [0.3, 0.4) is 0 Å². The van der Waals surface area contributed by atoms with Gasteiger partial charge in [0.2, 0.25) is 0 Å². The van der Waals surface area contributed by atoms with E-state index < -0.39 is 5.38 Å². The van der Waals surface area contributed by atoms with Crippen LogP contribution >= 0.6 is 11.6 Å². The van der Waals surface area contributed by atoms with E-state index in [0.29, 0.717) is 5.56 Å². The Morgan fingerprint density at radius 2 is 1.93 bits per heavy atom. The van der Waals surface area contributed by atoms with Crippen molar-refractivity contribution in [1.29, 1.82) is 0 Å². The Bertz CT molecular complexity index is 356. The normalized spacial score (nSPS) is 18.3. The van der Waals surface area contributed by atoms with E-state index in [0.717, 1.165) is 19.3 Å². The van der Waals surface area contributed by atoms with Gasteiger partial charge < -0.3 is 0 Å². The molecule has 1 aromatic carbocycles. The van der Waals surface area contributed by atoms with Crippen molar-refractivity contribution in [2.45, 2.75) is 24.6 Å². The highest BCUT2D eigenvalue weighted by atomic mass is 35.5. The van der Waals surface area contributed by atoms with E-state index in [2.05, 4.69) is 0 Å². The van der Waals surface area contributed by atoms with Crippen LogP contribution in [0.2, 0.25) is 0 Å². The zero-order valence-corrected chi connectivity index (χ0v) is 9.01. The minimum atomic E-state index is -0.615. The van der Waals surface area contributed by atoms with Crippen molar-refractivity contribution >= 4 is 17.4 Å². The zero-order valence-electron chi connectivity index (χ0n) is 8.25. The van der Waals surface area contributed by atoms with Crippen molar-refractivity contribution in [3.05, 3.63) is 35.6 Å². The molecule has 0 saturated heterocycles. The van der Waals surface area contributed by atoms with Gasteiger partial charge in [-0.15, -0.1) is 11.6 Å². The van der Waals surface area contributed by atoms with Crippen LogP contribution in [0.15, 0.2) is 24.3 Å². The van der Waals surface area contributed by atoms with Crippen molar-refractivity contribution < 1.29 is 9.18 Å². The molecule has 1 fully saturated rings. The first kappa shape index (κ1) is 10.6. The summed E-state index contributed by atoms with van der Waals surface area (Å²) in [5.41, 5.74) is 0.690. The molecule has 0 amide bonds. The highest BCUT2D eigenvalue weighted by molar-refractivity contribution is 6.31. The van der Waals surface area contributed by atoms with E-state index in [1.165, 1.54) is 12.1 Å². The molecule has 0 radical (unpaired) electrons. The minimum Gasteiger partial charge on any atom is -0.297 e. The highest BCUT2D eigenvalue weighted by Crippen LogP contribution is 2.34. The fraction of sp³-hybridized carbons (Fsp3) is 0.417. The van der Waals surface area contributed by atoms with Crippen molar-refractivity contribution in [3.63, 3.8) is 0 Å². The average molecular weight is 227 g/mol. The molecular formula is C12H12ClFO. The first-order valence-electron chi connectivity index (χ1n) is 5.12. The number of rotatable bonds is 3. The van der Waals surface area contributed by atoms with Gasteiger partial charge in [-0.2, -0.15) is 0 Å². The quantitative estimate of drug-likeness (QED) is 0.722. The second-order valence-corrected chi connectivity index (χ2v) is 4.38. The highest BCUT2D eigenvalue weighted by Gasteiger charge is 2.30. The van der Waals surface area contributed by atoms with Crippen LogP contribution in [-0.4, -0.2) is 5.78 Å². The molecule has 0 bridgehead atoms. The van der Waals surface area contributed by atoms with Gasteiger partial charge in [-0.25, -0.2) is 4.39 Å². The molecule has 3 heteroatoms. The lowest BCUT2D eigenvalue weighted by atomic mass is 9.80. The van der Waals surface area contributed by atoms with Crippen LogP contribution < -0.4 is 0 Å². The molecule has 15 heavy (non-hydrogen) atoms. The lowest BCUT2D eigenvalue weighted by Crippen LogP contribution is -2.25. The predicted molar refractivity (Wildman–Crippen MR) is 57.3 cm³/mol. The molecule has 80 valence electrons. The van der Waals surface area contributed by atoms with Crippen LogP contribution in [0.1, 0.15) is 30.2 Å². The minimum absolute atomic E-state index is 0.0783. The van der Waals surface area contributed by atoms with Crippen molar-refractivity contribution in [1.82, 2.24) is 0 Å². The van der Waals surface area contributed by atoms with Gasteiger partial charge in [0, 0.05) is 5.92 Å². The molecule has 1 aliphatic carbocycles. The summed E-state index contributed by atoms with van der Waals surface area (Å²) in [5.74, 6) is -0.106. The van der Waals surface area contributed by atoms with Crippen LogP contribution in [-0.2, 0) is 4.79 Å². The summed E-state index contributed by atoms with van der Waals surface area (Å²) < 4.78 is 12.7. The number of ketones is 1. The molecule has 0 heterocycles. The monoisotopic (exact) mass is 226 g/mol. The summed E-state index contributed by atoms with van der Waals surface area (Å²) >= 11 is 6.04. The SMILES string of the molecule is O=C(C1CCC1)C(Cl)c1ccc(F)cc1. The van der Waals surface area contributed by atoms with E-state index in [1.54, 1.807) is 12.1 Å². The maximum Gasteiger partial charge on any atom is 0.158 e. The summed E-state index contributed by atoms with van der Waals surface area (Å²) in [4.78, 5) is 11.8. The van der Waals surface area contributed by atoms with Crippen LogP contribution in [0, 0.1) is 11.7 Å².